The molecule has 2 bridgehead atoms. The molecule has 0 amide bonds. The molecule has 2 aliphatic rings. The van der Waals surface area contributed by atoms with Crippen molar-refractivity contribution in [2.24, 2.45) is 17.8 Å². The summed E-state index contributed by atoms with van der Waals surface area (Å²) in [6.45, 7) is 0. The lowest BCUT2D eigenvalue weighted by Gasteiger charge is -2.23. The van der Waals surface area contributed by atoms with Gasteiger partial charge in [0.1, 0.15) is 0 Å². The highest BCUT2D eigenvalue weighted by Crippen LogP contribution is 2.44. The third-order valence-electron chi connectivity index (χ3n) is 3.06. The second-order valence-corrected chi connectivity index (χ2v) is 3.85. The van der Waals surface area contributed by atoms with Crippen molar-refractivity contribution in [2.75, 3.05) is 7.11 Å². The highest BCUT2D eigenvalue weighted by atomic mass is 35.5. The van der Waals surface area contributed by atoms with Crippen molar-refractivity contribution >= 4 is 17.7 Å². The van der Waals surface area contributed by atoms with Gasteiger partial charge >= 0.3 is 5.97 Å². The molecule has 4 heteroatoms. The molecule has 1 fully saturated rings. The summed E-state index contributed by atoms with van der Waals surface area (Å²) in [5, 5.41) is 0. The first-order chi connectivity index (χ1) is 6.27. The van der Waals surface area contributed by atoms with E-state index in [9.17, 15) is 4.79 Å². The summed E-state index contributed by atoms with van der Waals surface area (Å²) in [6.07, 6.45) is 5.24. The summed E-state index contributed by atoms with van der Waals surface area (Å²) in [5.74, 6) is 0.452. The zero-order valence-electron chi connectivity index (χ0n) is 7.37. The number of halogens is 1. The Labute approximate surface area is 82.2 Å². The average Bonchev–Trinajstić information content (AvgIpc) is 2.74. The molecule has 0 aromatic heterocycles. The number of ether oxygens (including phenoxy) is 1. The minimum absolute atomic E-state index is 0.0455. The van der Waals surface area contributed by atoms with Crippen molar-refractivity contribution in [1.29, 1.82) is 0 Å². The van der Waals surface area contributed by atoms with Crippen molar-refractivity contribution in [3.63, 3.8) is 0 Å². The van der Waals surface area contributed by atoms with Gasteiger partial charge < -0.3 is 4.74 Å². The fourth-order valence-electron chi connectivity index (χ4n) is 2.43. The van der Waals surface area contributed by atoms with Gasteiger partial charge in [-0.15, -0.1) is 0 Å². The van der Waals surface area contributed by atoms with E-state index in [1.807, 2.05) is 0 Å². The average molecular weight is 202 g/mol. The van der Waals surface area contributed by atoms with E-state index in [1.54, 1.807) is 0 Å². The van der Waals surface area contributed by atoms with Crippen LogP contribution in [0.2, 0.25) is 0 Å². The van der Waals surface area contributed by atoms with Gasteiger partial charge in [-0.3, -0.25) is 4.79 Å². The summed E-state index contributed by atoms with van der Waals surface area (Å²) in [4.78, 5) is 14.1. The van der Waals surface area contributed by atoms with Crippen LogP contribution in [0.15, 0.2) is 12.2 Å². The highest BCUT2D eigenvalue weighted by molar-refractivity contribution is 6.13. The predicted molar refractivity (Wildman–Crippen MR) is 49.0 cm³/mol. The van der Waals surface area contributed by atoms with Crippen LogP contribution in [0.4, 0.5) is 0 Å². The van der Waals surface area contributed by atoms with Crippen LogP contribution in [0.25, 0.3) is 0 Å². The van der Waals surface area contributed by atoms with Crippen molar-refractivity contribution < 1.29 is 9.53 Å². The Morgan fingerprint density at radius 1 is 1.54 bits per heavy atom. The maximum Gasteiger partial charge on any atom is 0.310 e. The summed E-state index contributed by atoms with van der Waals surface area (Å²) >= 11 is 5.61. The van der Waals surface area contributed by atoms with Gasteiger partial charge in [0.15, 0.2) is 0 Å². The molecule has 72 valence electrons. The number of carbonyl (C=O) groups is 1. The second-order valence-electron chi connectivity index (χ2n) is 3.63. The van der Waals surface area contributed by atoms with Crippen LogP contribution in [0.5, 0.6) is 0 Å². The first kappa shape index (κ1) is 9.03. The Morgan fingerprint density at radius 3 is 2.85 bits per heavy atom. The van der Waals surface area contributed by atoms with E-state index in [4.69, 9.17) is 16.5 Å². The van der Waals surface area contributed by atoms with Crippen LogP contribution < -0.4 is 4.84 Å². The molecule has 3 nitrogen and oxygen atoms in total. The van der Waals surface area contributed by atoms with E-state index >= 15 is 0 Å². The highest BCUT2D eigenvalue weighted by Gasteiger charge is 2.48. The van der Waals surface area contributed by atoms with Crippen LogP contribution in [0.1, 0.15) is 6.42 Å². The van der Waals surface area contributed by atoms with Gasteiger partial charge in [0, 0.05) is 6.04 Å². The van der Waals surface area contributed by atoms with Gasteiger partial charge in [0.05, 0.1) is 13.0 Å². The van der Waals surface area contributed by atoms with Crippen LogP contribution in [0, 0.1) is 17.8 Å². The van der Waals surface area contributed by atoms with Crippen molar-refractivity contribution in [1.82, 2.24) is 4.84 Å². The number of hydrogen-bond donors (Lipinski definition) is 1. The van der Waals surface area contributed by atoms with Gasteiger partial charge in [0.25, 0.3) is 0 Å². The number of carbonyl (C=O) groups excluding carboxylic acids is 1. The molecule has 0 aromatic carbocycles. The molecule has 4 atom stereocenters. The second kappa shape index (κ2) is 3.31. The fourth-order valence-corrected chi connectivity index (χ4v) is 2.73. The first-order valence-electron chi connectivity index (χ1n) is 4.40. The molecule has 4 unspecified atom stereocenters. The number of hydrogen-bond acceptors (Lipinski definition) is 3. The Morgan fingerprint density at radius 2 is 2.23 bits per heavy atom. The predicted octanol–water partition coefficient (Wildman–Crippen LogP) is 1.09. The minimum atomic E-state index is -0.157. The minimum Gasteiger partial charge on any atom is -0.469 e. The monoisotopic (exact) mass is 201 g/mol. The normalized spacial score (nSPS) is 41.1. The number of methoxy groups -OCH3 is 1. The van der Waals surface area contributed by atoms with E-state index in [2.05, 4.69) is 17.0 Å². The lowest BCUT2D eigenvalue weighted by molar-refractivity contribution is -0.146. The Kier molecular flexibility index (Phi) is 2.30. The molecule has 0 saturated heterocycles. The smallest absolute Gasteiger partial charge is 0.310 e. The largest absolute Gasteiger partial charge is 0.469 e. The maximum absolute atomic E-state index is 11.4. The standard InChI is InChI=1S/C9H12ClNO2/c1-13-9(12)7-5-2-3-6(4-5)8(7)11-10/h2-3,5-8,11H,4H2,1H3. The van der Waals surface area contributed by atoms with Crippen LogP contribution >= 0.6 is 11.8 Å². The maximum atomic E-state index is 11.4. The fraction of sp³-hybridized carbons (Fsp3) is 0.667. The van der Waals surface area contributed by atoms with E-state index in [1.165, 1.54) is 7.11 Å². The molecule has 2 aliphatic carbocycles. The molecule has 1 saturated carbocycles. The molecule has 13 heavy (non-hydrogen) atoms. The van der Waals surface area contributed by atoms with Gasteiger partial charge in [-0.25, -0.2) is 4.84 Å². The lowest BCUT2D eigenvalue weighted by Crippen LogP contribution is -2.39. The molecule has 0 radical (unpaired) electrons. The van der Waals surface area contributed by atoms with Gasteiger partial charge in [-0.1, -0.05) is 12.2 Å². The number of esters is 1. The summed E-state index contributed by atoms with van der Waals surface area (Å²) in [5.41, 5.74) is 0. The van der Waals surface area contributed by atoms with Gasteiger partial charge in [-0.05, 0) is 30.0 Å². The SMILES string of the molecule is COC(=O)C1C2C=CC(C2)C1NCl. The van der Waals surface area contributed by atoms with E-state index in [0.717, 1.165) is 6.42 Å². The molecule has 0 aliphatic heterocycles. The number of rotatable bonds is 2. The van der Waals surface area contributed by atoms with Crippen LogP contribution in [-0.2, 0) is 9.53 Å². The van der Waals surface area contributed by atoms with E-state index in [0.29, 0.717) is 11.8 Å². The van der Waals surface area contributed by atoms with E-state index < -0.39 is 0 Å². The first-order valence-corrected chi connectivity index (χ1v) is 4.78. The zero-order chi connectivity index (χ0) is 9.42. The molecule has 2 rings (SSSR count). The summed E-state index contributed by atoms with van der Waals surface area (Å²) in [6, 6.07) is 0.0455. The Hall–Kier alpha value is -0.540. The third kappa shape index (κ3) is 1.27. The van der Waals surface area contributed by atoms with Crippen molar-refractivity contribution in [2.45, 2.75) is 12.5 Å². The topological polar surface area (TPSA) is 38.3 Å². The quantitative estimate of drug-likeness (QED) is 0.413. The van der Waals surface area contributed by atoms with Crippen LogP contribution in [-0.4, -0.2) is 19.1 Å². The van der Waals surface area contributed by atoms with Crippen molar-refractivity contribution in [3.05, 3.63) is 12.2 Å². The van der Waals surface area contributed by atoms with Gasteiger partial charge in [0.2, 0.25) is 0 Å². The number of nitrogens with one attached hydrogen (secondary N) is 1. The molecular weight excluding hydrogens is 190 g/mol. The molecule has 0 spiro atoms. The Bertz CT molecular complexity index is 254. The van der Waals surface area contributed by atoms with E-state index in [-0.39, 0.29) is 17.9 Å². The summed E-state index contributed by atoms with van der Waals surface area (Å²) in [7, 11) is 1.42. The zero-order valence-corrected chi connectivity index (χ0v) is 8.12. The molecule has 1 N–H and O–H groups in total. The number of allylic oxidation sites excluding steroid dienone is 1. The summed E-state index contributed by atoms with van der Waals surface area (Å²) < 4.78 is 4.75. The molecule has 0 aromatic rings. The molecule has 0 heterocycles. The van der Waals surface area contributed by atoms with Crippen molar-refractivity contribution in [3.8, 4) is 0 Å². The Balaban J connectivity index is 2.18. The van der Waals surface area contributed by atoms with Crippen LogP contribution in [0.3, 0.4) is 0 Å². The lowest BCUT2D eigenvalue weighted by atomic mass is 9.90. The number of fused-ring (bicyclic) bond motifs is 2. The van der Waals surface area contributed by atoms with Gasteiger partial charge in [-0.2, -0.15) is 0 Å². The third-order valence-corrected chi connectivity index (χ3v) is 3.31. The molecular formula is C9H12ClNO2.